The number of imidazole rings is 1. The number of amides is 1. The van der Waals surface area contributed by atoms with Gasteiger partial charge in [0.1, 0.15) is 0 Å². The molecule has 1 amide bonds. The zero-order chi connectivity index (χ0) is 15.6. The zero-order valence-electron chi connectivity index (χ0n) is 13.1. The van der Waals surface area contributed by atoms with Crippen molar-refractivity contribution in [2.75, 3.05) is 26.2 Å². The van der Waals surface area contributed by atoms with Crippen molar-refractivity contribution < 1.29 is 9.53 Å². The van der Waals surface area contributed by atoms with Gasteiger partial charge in [0.15, 0.2) is 0 Å². The van der Waals surface area contributed by atoms with Crippen LogP contribution in [-0.2, 0) is 4.74 Å². The predicted molar refractivity (Wildman–Crippen MR) is 86.5 cm³/mol. The number of pyridine rings is 1. The van der Waals surface area contributed by atoms with E-state index in [0.29, 0.717) is 18.2 Å². The summed E-state index contributed by atoms with van der Waals surface area (Å²) in [6.07, 6.45) is 9.24. The van der Waals surface area contributed by atoms with Gasteiger partial charge in [-0.05, 0) is 31.5 Å². The van der Waals surface area contributed by atoms with E-state index in [1.165, 1.54) is 19.3 Å². The molecule has 2 aliphatic rings. The van der Waals surface area contributed by atoms with Crippen LogP contribution >= 0.6 is 0 Å². The molecular weight excluding hydrogens is 292 g/mol. The first-order chi connectivity index (χ1) is 11.3. The number of carbonyl (C=O) groups is 1. The molecule has 0 spiro atoms. The van der Waals surface area contributed by atoms with E-state index < -0.39 is 0 Å². The SMILES string of the molecule is O=C(NC[C@@H]1CN2CCCC[C@@H]2CO1)c1ccn2cncc2c1. The van der Waals surface area contributed by atoms with Crippen LogP contribution in [0.4, 0.5) is 0 Å². The van der Waals surface area contributed by atoms with Crippen molar-refractivity contribution in [2.24, 2.45) is 0 Å². The van der Waals surface area contributed by atoms with E-state index in [9.17, 15) is 4.79 Å². The second-order valence-electron chi connectivity index (χ2n) is 6.45. The van der Waals surface area contributed by atoms with Crippen LogP contribution in [0.3, 0.4) is 0 Å². The lowest BCUT2D eigenvalue weighted by atomic mass is 10.0. The lowest BCUT2D eigenvalue weighted by molar-refractivity contribution is -0.0725. The Balaban J connectivity index is 1.34. The number of fused-ring (bicyclic) bond motifs is 2. The van der Waals surface area contributed by atoms with Crippen molar-refractivity contribution in [3.8, 4) is 0 Å². The van der Waals surface area contributed by atoms with E-state index >= 15 is 0 Å². The number of carbonyl (C=O) groups excluding carboxylic acids is 1. The molecular formula is C17H22N4O2. The highest BCUT2D eigenvalue weighted by molar-refractivity contribution is 5.95. The minimum absolute atomic E-state index is 0.0573. The van der Waals surface area contributed by atoms with E-state index in [-0.39, 0.29) is 12.0 Å². The van der Waals surface area contributed by atoms with Gasteiger partial charge in [-0.3, -0.25) is 9.69 Å². The second-order valence-corrected chi connectivity index (χ2v) is 6.45. The average molecular weight is 314 g/mol. The van der Waals surface area contributed by atoms with Gasteiger partial charge in [0.2, 0.25) is 0 Å². The van der Waals surface area contributed by atoms with Crippen LogP contribution in [0.25, 0.3) is 5.52 Å². The summed E-state index contributed by atoms with van der Waals surface area (Å²) >= 11 is 0. The monoisotopic (exact) mass is 314 g/mol. The van der Waals surface area contributed by atoms with Crippen LogP contribution < -0.4 is 5.32 Å². The Labute approximate surface area is 135 Å². The fourth-order valence-corrected chi connectivity index (χ4v) is 3.54. The zero-order valence-corrected chi connectivity index (χ0v) is 13.1. The maximum Gasteiger partial charge on any atom is 0.251 e. The highest BCUT2D eigenvalue weighted by Gasteiger charge is 2.30. The van der Waals surface area contributed by atoms with Gasteiger partial charge in [-0.2, -0.15) is 0 Å². The standard InChI is InChI=1S/C17H22N4O2/c22-17(13-4-6-21-12-18-8-15(21)7-13)19-9-16-10-20-5-2-1-3-14(20)11-23-16/h4,6-8,12,14,16H,1-3,5,9-11H2,(H,19,22)/t14-,16-/m1/s1. The molecule has 4 rings (SSSR count). The highest BCUT2D eigenvalue weighted by Crippen LogP contribution is 2.21. The Morgan fingerprint density at radius 3 is 3.35 bits per heavy atom. The van der Waals surface area contributed by atoms with Crippen LogP contribution in [0, 0.1) is 0 Å². The van der Waals surface area contributed by atoms with Gasteiger partial charge in [-0.1, -0.05) is 6.42 Å². The number of nitrogens with zero attached hydrogens (tertiary/aromatic N) is 3. The smallest absolute Gasteiger partial charge is 0.251 e. The quantitative estimate of drug-likeness (QED) is 0.928. The van der Waals surface area contributed by atoms with Crippen molar-refractivity contribution in [1.29, 1.82) is 0 Å². The molecule has 23 heavy (non-hydrogen) atoms. The summed E-state index contributed by atoms with van der Waals surface area (Å²) in [4.78, 5) is 18.9. The lowest BCUT2D eigenvalue weighted by Crippen LogP contribution is -2.54. The fraction of sp³-hybridized carbons (Fsp3) is 0.529. The summed E-state index contributed by atoms with van der Waals surface area (Å²) in [5.74, 6) is -0.0573. The summed E-state index contributed by atoms with van der Waals surface area (Å²) < 4.78 is 7.81. The van der Waals surface area contributed by atoms with E-state index in [1.54, 1.807) is 12.5 Å². The third-order valence-electron chi connectivity index (χ3n) is 4.88. The van der Waals surface area contributed by atoms with E-state index in [0.717, 1.165) is 25.2 Å². The van der Waals surface area contributed by atoms with Gasteiger partial charge in [-0.25, -0.2) is 4.98 Å². The molecule has 6 nitrogen and oxygen atoms in total. The van der Waals surface area contributed by atoms with Crippen LogP contribution in [0.2, 0.25) is 0 Å². The summed E-state index contributed by atoms with van der Waals surface area (Å²) in [5, 5.41) is 3.00. The Bertz CT molecular complexity index is 699. The third-order valence-corrected chi connectivity index (χ3v) is 4.88. The maximum absolute atomic E-state index is 12.3. The van der Waals surface area contributed by atoms with Gasteiger partial charge in [0.05, 0.1) is 30.8 Å². The molecule has 0 radical (unpaired) electrons. The van der Waals surface area contributed by atoms with Crippen molar-refractivity contribution in [1.82, 2.24) is 19.6 Å². The van der Waals surface area contributed by atoms with E-state index in [2.05, 4.69) is 15.2 Å². The second kappa shape index (κ2) is 6.29. The van der Waals surface area contributed by atoms with Crippen LogP contribution in [-0.4, -0.2) is 58.6 Å². The van der Waals surface area contributed by atoms with Crippen LogP contribution in [0.1, 0.15) is 29.6 Å². The molecule has 1 N–H and O–H groups in total. The van der Waals surface area contributed by atoms with Crippen molar-refractivity contribution in [2.45, 2.75) is 31.4 Å². The Hall–Kier alpha value is -1.92. The van der Waals surface area contributed by atoms with Gasteiger partial charge in [0, 0.05) is 30.9 Å². The molecule has 0 saturated carbocycles. The molecule has 2 aromatic heterocycles. The molecule has 2 aliphatic heterocycles. The number of ether oxygens (including phenoxy) is 1. The molecule has 2 atom stereocenters. The Morgan fingerprint density at radius 2 is 2.39 bits per heavy atom. The number of hydrogen-bond donors (Lipinski definition) is 1. The summed E-state index contributed by atoms with van der Waals surface area (Å²) in [7, 11) is 0. The van der Waals surface area contributed by atoms with Gasteiger partial charge in [-0.15, -0.1) is 0 Å². The number of rotatable bonds is 3. The van der Waals surface area contributed by atoms with Crippen LogP contribution in [0.5, 0.6) is 0 Å². The van der Waals surface area contributed by atoms with Crippen molar-refractivity contribution in [3.05, 3.63) is 36.4 Å². The highest BCUT2D eigenvalue weighted by atomic mass is 16.5. The first-order valence-electron chi connectivity index (χ1n) is 8.35. The minimum atomic E-state index is -0.0573. The van der Waals surface area contributed by atoms with Gasteiger partial charge < -0.3 is 14.5 Å². The molecule has 4 heterocycles. The number of aromatic nitrogens is 2. The predicted octanol–water partition coefficient (Wildman–Crippen LogP) is 1.32. The molecule has 0 unspecified atom stereocenters. The Kier molecular flexibility index (Phi) is 4.01. The Morgan fingerprint density at radius 1 is 1.43 bits per heavy atom. The summed E-state index contributed by atoms with van der Waals surface area (Å²) in [6, 6.07) is 4.25. The molecule has 122 valence electrons. The first kappa shape index (κ1) is 14.7. The molecule has 0 aliphatic carbocycles. The summed E-state index contributed by atoms with van der Waals surface area (Å²) in [6.45, 7) is 3.44. The number of nitrogens with one attached hydrogen (secondary N) is 1. The topological polar surface area (TPSA) is 58.9 Å². The first-order valence-corrected chi connectivity index (χ1v) is 8.35. The molecule has 2 fully saturated rings. The van der Waals surface area contributed by atoms with E-state index in [1.807, 2.05) is 22.7 Å². The molecule has 0 bridgehead atoms. The normalized spacial score (nSPS) is 25.2. The molecule has 6 heteroatoms. The molecule has 0 aromatic carbocycles. The number of hydrogen-bond acceptors (Lipinski definition) is 4. The summed E-state index contributed by atoms with van der Waals surface area (Å²) in [5.41, 5.74) is 1.58. The minimum Gasteiger partial charge on any atom is -0.373 e. The average Bonchev–Trinajstić information content (AvgIpc) is 3.07. The fourth-order valence-electron chi connectivity index (χ4n) is 3.54. The largest absolute Gasteiger partial charge is 0.373 e. The molecule has 2 aromatic rings. The van der Waals surface area contributed by atoms with Crippen molar-refractivity contribution >= 4 is 11.4 Å². The molecule has 2 saturated heterocycles. The lowest BCUT2D eigenvalue weighted by Gasteiger charge is -2.42. The van der Waals surface area contributed by atoms with E-state index in [4.69, 9.17) is 4.74 Å². The van der Waals surface area contributed by atoms with Gasteiger partial charge in [0.25, 0.3) is 5.91 Å². The van der Waals surface area contributed by atoms with Crippen molar-refractivity contribution in [3.63, 3.8) is 0 Å². The maximum atomic E-state index is 12.3. The number of morpholine rings is 1. The number of piperidine rings is 1. The van der Waals surface area contributed by atoms with Gasteiger partial charge >= 0.3 is 0 Å². The van der Waals surface area contributed by atoms with Crippen LogP contribution in [0.15, 0.2) is 30.9 Å². The third kappa shape index (κ3) is 3.09.